The van der Waals surface area contributed by atoms with Crippen molar-refractivity contribution in [2.24, 2.45) is 0 Å². The van der Waals surface area contributed by atoms with Crippen molar-refractivity contribution in [3.8, 4) is 16.9 Å². The summed E-state index contributed by atoms with van der Waals surface area (Å²) in [6.45, 7) is 0. The Labute approximate surface area is 131 Å². The first-order chi connectivity index (χ1) is 10.8. The number of hydrogen-bond acceptors (Lipinski definition) is 2. The zero-order chi connectivity index (χ0) is 15.2. The van der Waals surface area contributed by atoms with E-state index in [1.54, 1.807) is 13.3 Å². The van der Waals surface area contributed by atoms with Crippen LogP contribution in [0.25, 0.3) is 11.1 Å². The van der Waals surface area contributed by atoms with E-state index >= 15 is 0 Å². The number of aryl methyl sites for hydroxylation is 2. The number of rotatable bonds is 5. The lowest BCUT2D eigenvalue weighted by Gasteiger charge is -2.06. The molecular formula is C20H19NO. The molecule has 0 unspecified atom stereocenters. The average molecular weight is 289 g/mol. The number of aromatic nitrogens is 1. The number of methoxy groups -OCH3 is 1. The molecule has 0 aliphatic heterocycles. The van der Waals surface area contributed by atoms with E-state index in [0.717, 1.165) is 24.2 Å². The van der Waals surface area contributed by atoms with Gasteiger partial charge in [0.25, 0.3) is 0 Å². The molecule has 0 saturated heterocycles. The quantitative estimate of drug-likeness (QED) is 0.688. The van der Waals surface area contributed by atoms with E-state index in [-0.39, 0.29) is 0 Å². The fourth-order valence-electron chi connectivity index (χ4n) is 2.52. The van der Waals surface area contributed by atoms with Crippen LogP contribution in [0.5, 0.6) is 5.75 Å². The first-order valence-electron chi connectivity index (χ1n) is 7.47. The molecule has 3 aromatic rings. The SMILES string of the molecule is COc1ccc(CCc2cccc(-c3cccnc3)c2)cc1. The summed E-state index contributed by atoms with van der Waals surface area (Å²) in [5, 5.41) is 0. The van der Waals surface area contributed by atoms with Gasteiger partial charge in [0.1, 0.15) is 5.75 Å². The van der Waals surface area contributed by atoms with Crippen LogP contribution in [-0.4, -0.2) is 12.1 Å². The maximum absolute atomic E-state index is 5.19. The summed E-state index contributed by atoms with van der Waals surface area (Å²) in [6.07, 6.45) is 5.76. The molecule has 22 heavy (non-hydrogen) atoms. The third kappa shape index (κ3) is 3.53. The van der Waals surface area contributed by atoms with E-state index in [9.17, 15) is 0 Å². The minimum absolute atomic E-state index is 0.905. The number of pyridine rings is 1. The fraction of sp³-hybridized carbons (Fsp3) is 0.150. The number of nitrogens with zero attached hydrogens (tertiary/aromatic N) is 1. The second-order valence-corrected chi connectivity index (χ2v) is 5.29. The van der Waals surface area contributed by atoms with Gasteiger partial charge in [-0.25, -0.2) is 0 Å². The monoisotopic (exact) mass is 289 g/mol. The molecule has 0 spiro atoms. The Kier molecular flexibility index (Phi) is 4.50. The minimum atomic E-state index is 0.905. The largest absolute Gasteiger partial charge is 0.497 e. The van der Waals surface area contributed by atoms with Crippen molar-refractivity contribution in [1.29, 1.82) is 0 Å². The number of ether oxygens (including phenoxy) is 1. The number of hydrogen-bond donors (Lipinski definition) is 0. The molecule has 0 fully saturated rings. The molecule has 0 bridgehead atoms. The fourth-order valence-corrected chi connectivity index (χ4v) is 2.52. The summed E-state index contributed by atoms with van der Waals surface area (Å²) in [7, 11) is 1.69. The molecule has 2 aromatic carbocycles. The molecule has 0 aliphatic carbocycles. The Balaban J connectivity index is 1.70. The first kappa shape index (κ1) is 14.3. The van der Waals surface area contributed by atoms with Gasteiger partial charge < -0.3 is 4.74 Å². The van der Waals surface area contributed by atoms with Crippen LogP contribution in [0.3, 0.4) is 0 Å². The van der Waals surface area contributed by atoms with Gasteiger partial charge in [-0.15, -0.1) is 0 Å². The molecular weight excluding hydrogens is 270 g/mol. The van der Waals surface area contributed by atoms with Gasteiger partial charge in [0.2, 0.25) is 0 Å². The Morgan fingerprint density at radius 1 is 0.818 bits per heavy atom. The Bertz CT molecular complexity index is 720. The first-order valence-corrected chi connectivity index (χ1v) is 7.47. The van der Waals surface area contributed by atoms with Gasteiger partial charge in [-0.05, 0) is 53.3 Å². The molecule has 0 saturated carbocycles. The molecule has 0 N–H and O–H groups in total. The lowest BCUT2D eigenvalue weighted by atomic mass is 10.00. The summed E-state index contributed by atoms with van der Waals surface area (Å²) < 4.78 is 5.19. The molecule has 2 heteroatoms. The van der Waals surface area contributed by atoms with Crippen LogP contribution in [0.1, 0.15) is 11.1 Å². The predicted molar refractivity (Wildman–Crippen MR) is 90.1 cm³/mol. The lowest BCUT2D eigenvalue weighted by Crippen LogP contribution is -1.92. The number of benzene rings is 2. The summed E-state index contributed by atoms with van der Waals surface area (Å²) in [6, 6.07) is 21.0. The van der Waals surface area contributed by atoms with Crippen molar-refractivity contribution in [2.75, 3.05) is 7.11 Å². The molecule has 3 rings (SSSR count). The van der Waals surface area contributed by atoms with Crippen molar-refractivity contribution >= 4 is 0 Å². The van der Waals surface area contributed by atoms with Crippen LogP contribution in [0.2, 0.25) is 0 Å². The summed E-state index contributed by atoms with van der Waals surface area (Å²) in [4.78, 5) is 4.19. The highest BCUT2D eigenvalue weighted by molar-refractivity contribution is 5.62. The maximum atomic E-state index is 5.19. The molecule has 110 valence electrons. The summed E-state index contributed by atoms with van der Waals surface area (Å²) in [5.41, 5.74) is 5.05. The van der Waals surface area contributed by atoms with E-state index < -0.39 is 0 Å². The average Bonchev–Trinajstić information content (AvgIpc) is 2.61. The normalized spacial score (nSPS) is 10.4. The van der Waals surface area contributed by atoms with E-state index in [2.05, 4.69) is 47.4 Å². The Morgan fingerprint density at radius 2 is 1.59 bits per heavy atom. The third-order valence-electron chi connectivity index (χ3n) is 3.78. The zero-order valence-electron chi connectivity index (χ0n) is 12.7. The van der Waals surface area contributed by atoms with Gasteiger partial charge in [0.15, 0.2) is 0 Å². The summed E-state index contributed by atoms with van der Waals surface area (Å²) in [5.74, 6) is 0.905. The van der Waals surface area contributed by atoms with Gasteiger partial charge in [-0.1, -0.05) is 42.5 Å². The van der Waals surface area contributed by atoms with Gasteiger partial charge in [-0.2, -0.15) is 0 Å². The Hall–Kier alpha value is -2.61. The predicted octanol–water partition coefficient (Wildman–Crippen LogP) is 4.54. The van der Waals surface area contributed by atoms with E-state index in [1.807, 2.05) is 24.4 Å². The van der Waals surface area contributed by atoms with Crippen LogP contribution in [0, 0.1) is 0 Å². The third-order valence-corrected chi connectivity index (χ3v) is 3.78. The van der Waals surface area contributed by atoms with Crippen LogP contribution < -0.4 is 4.74 Å². The van der Waals surface area contributed by atoms with Gasteiger partial charge >= 0.3 is 0 Å². The van der Waals surface area contributed by atoms with Gasteiger partial charge in [-0.3, -0.25) is 4.98 Å². The zero-order valence-corrected chi connectivity index (χ0v) is 12.7. The summed E-state index contributed by atoms with van der Waals surface area (Å²) >= 11 is 0. The highest BCUT2D eigenvalue weighted by Crippen LogP contribution is 2.20. The standard InChI is InChI=1S/C20H19NO/c1-22-20-11-9-16(10-12-20)7-8-17-4-2-5-18(14-17)19-6-3-13-21-15-19/h2-6,9-15H,7-8H2,1H3. The van der Waals surface area contributed by atoms with Crippen molar-refractivity contribution < 1.29 is 4.74 Å². The van der Waals surface area contributed by atoms with Crippen LogP contribution in [0.15, 0.2) is 73.1 Å². The van der Waals surface area contributed by atoms with Crippen LogP contribution in [-0.2, 0) is 12.8 Å². The van der Waals surface area contributed by atoms with Gasteiger partial charge in [0, 0.05) is 12.4 Å². The van der Waals surface area contributed by atoms with Crippen molar-refractivity contribution in [3.05, 3.63) is 84.2 Å². The molecule has 1 aromatic heterocycles. The topological polar surface area (TPSA) is 22.1 Å². The van der Waals surface area contributed by atoms with Crippen LogP contribution in [0.4, 0.5) is 0 Å². The smallest absolute Gasteiger partial charge is 0.118 e. The van der Waals surface area contributed by atoms with Crippen molar-refractivity contribution in [1.82, 2.24) is 4.98 Å². The minimum Gasteiger partial charge on any atom is -0.497 e. The molecule has 0 radical (unpaired) electrons. The van der Waals surface area contributed by atoms with E-state index in [0.29, 0.717) is 0 Å². The maximum Gasteiger partial charge on any atom is 0.118 e. The molecule has 0 atom stereocenters. The second kappa shape index (κ2) is 6.90. The van der Waals surface area contributed by atoms with E-state index in [4.69, 9.17) is 4.74 Å². The van der Waals surface area contributed by atoms with E-state index in [1.165, 1.54) is 16.7 Å². The molecule has 1 heterocycles. The highest BCUT2D eigenvalue weighted by atomic mass is 16.5. The lowest BCUT2D eigenvalue weighted by molar-refractivity contribution is 0.414. The molecule has 0 aliphatic rings. The van der Waals surface area contributed by atoms with Crippen molar-refractivity contribution in [2.45, 2.75) is 12.8 Å². The van der Waals surface area contributed by atoms with Crippen LogP contribution >= 0.6 is 0 Å². The molecule has 0 amide bonds. The Morgan fingerprint density at radius 3 is 2.32 bits per heavy atom. The molecule has 2 nitrogen and oxygen atoms in total. The highest BCUT2D eigenvalue weighted by Gasteiger charge is 2.01. The second-order valence-electron chi connectivity index (χ2n) is 5.29. The van der Waals surface area contributed by atoms with Crippen molar-refractivity contribution in [3.63, 3.8) is 0 Å². The van der Waals surface area contributed by atoms with Gasteiger partial charge in [0.05, 0.1) is 7.11 Å².